The molecule has 0 atom stereocenters. The first-order valence-electron chi connectivity index (χ1n) is 4.53. The van der Waals surface area contributed by atoms with E-state index in [1.54, 1.807) is 24.5 Å². The fourth-order valence-electron chi connectivity index (χ4n) is 1.28. The number of alkyl halides is 2. The summed E-state index contributed by atoms with van der Waals surface area (Å²) >= 11 is 5.54. The van der Waals surface area contributed by atoms with E-state index in [9.17, 15) is 8.78 Å². The summed E-state index contributed by atoms with van der Waals surface area (Å²) in [6.07, 6.45) is 0.648. The standard InChI is InChI=1S/C11H7ClF2N2/c12-11-15-5-9(6-16-11)7-1-3-8(4-2-7)10(13)14/h1-6,10H. The van der Waals surface area contributed by atoms with Crippen molar-refractivity contribution in [3.63, 3.8) is 0 Å². The summed E-state index contributed by atoms with van der Waals surface area (Å²) in [6, 6.07) is 5.98. The zero-order valence-electron chi connectivity index (χ0n) is 8.07. The minimum Gasteiger partial charge on any atom is -0.226 e. The van der Waals surface area contributed by atoms with Crippen LogP contribution in [0.2, 0.25) is 5.28 Å². The van der Waals surface area contributed by atoms with E-state index in [0.717, 1.165) is 11.1 Å². The Kier molecular flexibility index (Phi) is 3.10. The van der Waals surface area contributed by atoms with Crippen LogP contribution in [0.15, 0.2) is 36.7 Å². The van der Waals surface area contributed by atoms with Crippen LogP contribution >= 0.6 is 11.6 Å². The predicted molar refractivity (Wildman–Crippen MR) is 57.4 cm³/mol. The van der Waals surface area contributed by atoms with Crippen molar-refractivity contribution in [1.29, 1.82) is 0 Å². The Morgan fingerprint density at radius 3 is 2.00 bits per heavy atom. The number of nitrogens with zero attached hydrogens (tertiary/aromatic N) is 2. The minimum atomic E-state index is -2.45. The van der Waals surface area contributed by atoms with Gasteiger partial charge >= 0.3 is 0 Å². The highest BCUT2D eigenvalue weighted by atomic mass is 35.5. The van der Waals surface area contributed by atoms with Crippen LogP contribution in [0.1, 0.15) is 12.0 Å². The quantitative estimate of drug-likeness (QED) is 0.748. The molecule has 2 nitrogen and oxygen atoms in total. The number of aromatic nitrogens is 2. The van der Waals surface area contributed by atoms with Crippen LogP contribution in [0.5, 0.6) is 0 Å². The summed E-state index contributed by atoms with van der Waals surface area (Å²) in [6.45, 7) is 0. The van der Waals surface area contributed by atoms with Crippen LogP contribution in [0.3, 0.4) is 0 Å². The Balaban J connectivity index is 2.31. The Bertz CT molecular complexity index is 468. The van der Waals surface area contributed by atoms with Crippen LogP contribution in [0, 0.1) is 0 Å². The van der Waals surface area contributed by atoms with E-state index in [4.69, 9.17) is 11.6 Å². The molecule has 0 saturated carbocycles. The zero-order valence-corrected chi connectivity index (χ0v) is 8.83. The van der Waals surface area contributed by atoms with Gasteiger partial charge in [-0.25, -0.2) is 18.7 Å². The van der Waals surface area contributed by atoms with Crippen molar-refractivity contribution in [1.82, 2.24) is 9.97 Å². The van der Waals surface area contributed by atoms with Crippen molar-refractivity contribution in [2.24, 2.45) is 0 Å². The van der Waals surface area contributed by atoms with Gasteiger partial charge in [0.05, 0.1) is 0 Å². The first kappa shape index (κ1) is 11.0. The summed E-state index contributed by atoms with van der Waals surface area (Å²) in [5.41, 5.74) is 1.52. The average molecular weight is 241 g/mol. The molecule has 0 unspecified atom stereocenters. The molecule has 0 saturated heterocycles. The van der Waals surface area contributed by atoms with Gasteiger partial charge in [0.25, 0.3) is 6.43 Å². The molecular weight excluding hydrogens is 234 g/mol. The van der Waals surface area contributed by atoms with Crippen LogP contribution in [0.4, 0.5) is 8.78 Å². The second kappa shape index (κ2) is 4.53. The fourth-order valence-corrected chi connectivity index (χ4v) is 1.38. The lowest BCUT2D eigenvalue weighted by molar-refractivity contribution is 0.151. The lowest BCUT2D eigenvalue weighted by Gasteiger charge is -2.02. The van der Waals surface area contributed by atoms with Gasteiger partial charge in [0.1, 0.15) is 0 Å². The van der Waals surface area contributed by atoms with Gasteiger partial charge in [-0.2, -0.15) is 0 Å². The van der Waals surface area contributed by atoms with E-state index in [1.165, 1.54) is 12.1 Å². The molecule has 1 aromatic carbocycles. The topological polar surface area (TPSA) is 25.8 Å². The van der Waals surface area contributed by atoms with Crippen molar-refractivity contribution < 1.29 is 8.78 Å². The predicted octanol–water partition coefficient (Wildman–Crippen LogP) is 3.73. The smallest absolute Gasteiger partial charge is 0.226 e. The molecule has 82 valence electrons. The van der Waals surface area contributed by atoms with Crippen molar-refractivity contribution >= 4 is 11.6 Å². The summed E-state index contributed by atoms with van der Waals surface area (Å²) in [5.74, 6) is 0. The molecule has 0 amide bonds. The number of halogens is 3. The second-order valence-electron chi connectivity index (χ2n) is 3.16. The lowest BCUT2D eigenvalue weighted by atomic mass is 10.1. The van der Waals surface area contributed by atoms with E-state index in [2.05, 4.69) is 9.97 Å². The molecule has 0 fully saturated rings. The highest BCUT2D eigenvalue weighted by molar-refractivity contribution is 6.28. The molecule has 0 aliphatic rings. The maximum atomic E-state index is 12.3. The van der Waals surface area contributed by atoms with E-state index in [-0.39, 0.29) is 10.8 Å². The maximum absolute atomic E-state index is 12.3. The SMILES string of the molecule is FC(F)c1ccc(-c2cnc(Cl)nc2)cc1. The summed E-state index contributed by atoms with van der Waals surface area (Å²) in [4.78, 5) is 7.64. The third kappa shape index (κ3) is 2.33. The molecule has 2 aromatic rings. The van der Waals surface area contributed by atoms with Gasteiger partial charge in [-0.3, -0.25) is 0 Å². The number of rotatable bonds is 2. The molecule has 1 heterocycles. The first-order valence-corrected chi connectivity index (χ1v) is 4.90. The van der Waals surface area contributed by atoms with Crippen LogP contribution in [0.25, 0.3) is 11.1 Å². The first-order chi connectivity index (χ1) is 7.66. The molecule has 1 aromatic heterocycles. The molecule has 16 heavy (non-hydrogen) atoms. The third-order valence-electron chi connectivity index (χ3n) is 2.12. The Morgan fingerprint density at radius 2 is 1.50 bits per heavy atom. The number of benzene rings is 1. The summed E-state index contributed by atoms with van der Waals surface area (Å²) in [7, 11) is 0. The zero-order chi connectivity index (χ0) is 11.5. The monoisotopic (exact) mass is 240 g/mol. The highest BCUT2D eigenvalue weighted by Gasteiger charge is 2.06. The Morgan fingerprint density at radius 1 is 0.938 bits per heavy atom. The Hall–Kier alpha value is -1.55. The molecular formula is C11H7ClF2N2. The number of hydrogen-bond acceptors (Lipinski definition) is 2. The molecule has 0 aliphatic carbocycles. The summed E-state index contributed by atoms with van der Waals surface area (Å²) < 4.78 is 24.6. The van der Waals surface area contributed by atoms with Gasteiger partial charge in [0.15, 0.2) is 0 Å². The molecule has 0 aliphatic heterocycles. The maximum Gasteiger partial charge on any atom is 0.263 e. The molecule has 0 spiro atoms. The molecule has 0 radical (unpaired) electrons. The highest BCUT2D eigenvalue weighted by Crippen LogP contribution is 2.23. The molecule has 2 rings (SSSR count). The normalized spacial score (nSPS) is 10.8. The van der Waals surface area contributed by atoms with Crippen molar-refractivity contribution in [2.75, 3.05) is 0 Å². The molecule has 5 heteroatoms. The number of hydrogen-bond donors (Lipinski definition) is 0. The van der Waals surface area contributed by atoms with Gasteiger partial charge in [-0.1, -0.05) is 24.3 Å². The van der Waals surface area contributed by atoms with E-state index >= 15 is 0 Å². The average Bonchev–Trinajstić information content (AvgIpc) is 2.30. The van der Waals surface area contributed by atoms with E-state index < -0.39 is 6.43 Å². The molecule has 0 N–H and O–H groups in total. The van der Waals surface area contributed by atoms with Crippen LogP contribution in [-0.4, -0.2) is 9.97 Å². The lowest BCUT2D eigenvalue weighted by Crippen LogP contribution is -1.86. The third-order valence-corrected chi connectivity index (χ3v) is 2.31. The second-order valence-corrected chi connectivity index (χ2v) is 3.50. The van der Waals surface area contributed by atoms with Gasteiger partial charge < -0.3 is 0 Å². The van der Waals surface area contributed by atoms with Gasteiger partial charge in [0, 0.05) is 23.5 Å². The fraction of sp³-hybridized carbons (Fsp3) is 0.0909. The van der Waals surface area contributed by atoms with Crippen LogP contribution in [-0.2, 0) is 0 Å². The van der Waals surface area contributed by atoms with E-state index in [0.29, 0.717) is 0 Å². The Labute approximate surface area is 95.9 Å². The van der Waals surface area contributed by atoms with Crippen LogP contribution < -0.4 is 0 Å². The molecule has 0 bridgehead atoms. The van der Waals surface area contributed by atoms with E-state index in [1.807, 2.05) is 0 Å². The van der Waals surface area contributed by atoms with Crippen molar-refractivity contribution in [3.8, 4) is 11.1 Å². The van der Waals surface area contributed by atoms with Crippen molar-refractivity contribution in [3.05, 3.63) is 47.5 Å². The summed E-state index contributed by atoms with van der Waals surface area (Å²) in [5, 5.41) is 0.160. The minimum absolute atomic E-state index is 0.00127. The largest absolute Gasteiger partial charge is 0.263 e. The van der Waals surface area contributed by atoms with Gasteiger partial charge in [-0.05, 0) is 17.2 Å². The van der Waals surface area contributed by atoms with Gasteiger partial charge in [-0.15, -0.1) is 0 Å². The van der Waals surface area contributed by atoms with Crippen molar-refractivity contribution in [2.45, 2.75) is 6.43 Å². The van der Waals surface area contributed by atoms with Gasteiger partial charge in [0.2, 0.25) is 5.28 Å².